The third-order valence-electron chi connectivity index (χ3n) is 2.04. The van der Waals surface area contributed by atoms with Crippen LogP contribution in [0.1, 0.15) is 25.7 Å². The Hall–Kier alpha value is 0.440. The number of rotatable bonds is 1. The highest BCUT2D eigenvalue weighted by Crippen LogP contribution is 2.45. The Bertz CT molecular complexity index is 128. The van der Waals surface area contributed by atoms with Crippen molar-refractivity contribution in [2.24, 2.45) is 0 Å². The second kappa shape index (κ2) is 3.22. The first-order valence-electron chi connectivity index (χ1n) is 3.77. The summed E-state index contributed by atoms with van der Waals surface area (Å²) in [5.41, 5.74) is 0. The molecule has 0 atom stereocenters. The van der Waals surface area contributed by atoms with Gasteiger partial charge in [-0.1, -0.05) is 12.8 Å². The van der Waals surface area contributed by atoms with Crippen molar-refractivity contribution in [2.75, 3.05) is 0 Å². The third kappa shape index (κ3) is 1.37. The van der Waals surface area contributed by atoms with E-state index in [0.29, 0.717) is 0 Å². The Balaban J connectivity index is 1.87. The van der Waals surface area contributed by atoms with Crippen molar-refractivity contribution in [1.82, 2.24) is 0 Å². The molecule has 0 nitrogen and oxygen atoms in total. The van der Waals surface area contributed by atoms with Crippen LogP contribution in [0.15, 0.2) is 10.8 Å². The predicted molar refractivity (Wildman–Crippen MR) is 49.8 cm³/mol. The van der Waals surface area contributed by atoms with E-state index in [4.69, 9.17) is 0 Å². The van der Waals surface area contributed by atoms with Gasteiger partial charge in [-0.3, -0.25) is 0 Å². The van der Waals surface area contributed by atoms with Gasteiger partial charge in [0.15, 0.2) is 0 Å². The van der Waals surface area contributed by atoms with Crippen LogP contribution in [-0.2, 0) is 0 Å². The minimum absolute atomic E-state index is 0.794. The summed E-state index contributed by atoms with van der Waals surface area (Å²) in [4.78, 5) is 0. The fourth-order valence-corrected chi connectivity index (χ4v) is 3.79. The van der Waals surface area contributed by atoms with Crippen molar-refractivity contribution in [3.8, 4) is 0 Å². The predicted octanol–water partition coefficient (Wildman–Crippen LogP) is 3.41. The maximum Gasteiger partial charge on any atom is 0.0647 e. The van der Waals surface area contributed by atoms with E-state index in [9.17, 15) is 0 Å². The minimum atomic E-state index is 0.794. The largest absolute Gasteiger partial charge is 0.118 e. The summed E-state index contributed by atoms with van der Waals surface area (Å²) in [6.07, 6.45) is 5.67. The van der Waals surface area contributed by atoms with E-state index in [2.05, 4.69) is 10.8 Å². The van der Waals surface area contributed by atoms with E-state index in [0.717, 1.165) is 4.58 Å². The van der Waals surface area contributed by atoms with Crippen molar-refractivity contribution in [3.63, 3.8) is 0 Å². The van der Waals surface area contributed by atoms with Crippen LogP contribution < -0.4 is 0 Å². The van der Waals surface area contributed by atoms with Gasteiger partial charge in [0.1, 0.15) is 0 Å². The summed E-state index contributed by atoms with van der Waals surface area (Å²) in [5.74, 6) is 1.79. The Labute approximate surface area is 70.8 Å². The molecule has 1 saturated carbocycles. The lowest BCUT2D eigenvalue weighted by atomic mass is 10.1. The van der Waals surface area contributed by atoms with Gasteiger partial charge in [-0.15, -0.1) is 23.5 Å². The second-order valence-corrected chi connectivity index (χ2v) is 5.07. The Kier molecular flexibility index (Phi) is 2.29. The molecule has 2 rings (SSSR count). The lowest BCUT2D eigenvalue weighted by molar-refractivity contribution is 0.886. The summed E-state index contributed by atoms with van der Waals surface area (Å²) >= 11 is 3.97. The van der Waals surface area contributed by atoms with Gasteiger partial charge < -0.3 is 0 Å². The summed E-state index contributed by atoms with van der Waals surface area (Å²) in [6.45, 7) is 0. The van der Waals surface area contributed by atoms with Crippen LogP contribution in [0.5, 0.6) is 0 Å². The van der Waals surface area contributed by atoms with Gasteiger partial charge in [-0.2, -0.15) is 0 Å². The van der Waals surface area contributed by atoms with Gasteiger partial charge in [0.05, 0.1) is 4.58 Å². The maximum absolute atomic E-state index is 2.22. The molecule has 0 saturated heterocycles. The summed E-state index contributed by atoms with van der Waals surface area (Å²) in [6, 6.07) is 0. The highest BCUT2D eigenvalue weighted by atomic mass is 32.2. The molecule has 0 aromatic rings. The zero-order valence-electron chi connectivity index (χ0n) is 5.88. The lowest BCUT2D eigenvalue weighted by Crippen LogP contribution is -2.03. The molecule has 0 bridgehead atoms. The fourth-order valence-electron chi connectivity index (χ4n) is 1.50. The molecule has 2 aliphatic rings. The van der Waals surface area contributed by atoms with Gasteiger partial charge in [-0.05, 0) is 29.6 Å². The van der Waals surface area contributed by atoms with Crippen LogP contribution in [0.2, 0.25) is 0 Å². The zero-order chi connectivity index (χ0) is 6.81. The number of hydrogen-bond acceptors (Lipinski definition) is 2. The molecular formula is C8H11S2. The molecule has 1 heterocycles. The van der Waals surface area contributed by atoms with Crippen LogP contribution in [0.3, 0.4) is 0 Å². The second-order valence-electron chi connectivity index (χ2n) is 2.74. The lowest BCUT2D eigenvalue weighted by Gasteiger charge is -2.13. The monoisotopic (exact) mass is 171 g/mol. The molecule has 0 spiro atoms. The van der Waals surface area contributed by atoms with E-state index in [1.54, 1.807) is 5.92 Å². The smallest absolute Gasteiger partial charge is 0.0647 e. The van der Waals surface area contributed by atoms with Gasteiger partial charge in [0, 0.05) is 0 Å². The molecule has 1 fully saturated rings. The van der Waals surface area contributed by atoms with Gasteiger partial charge in [0.2, 0.25) is 0 Å². The van der Waals surface area contributed by atoms with Crippen LogP contribution in [0.4, 0.5) is 0 Å². The topological polar surface area (TPSA) is 0 Å². The van der Waals surface area contributed by atoms with E-state index in [1.807, 2.05) is 23.5 Å². The zero-order valence-corrected chi connectivity index (χ0v) is 7.51. The van der Waals surface area contributed by atoms with Gasteiger partial charge in [0.25, 0.3) is 0 Å². The van der Waals surface area contributed by atoms with E-state index < -0.39 is 0 Å². The fraction of sp³-hybridized carbons (Fsp3) is 0.625. The van der Waals surface area contributed by atoms with Crippen LogP contribution >= 0.6 is 23.5 Å². The molecule has 0 amide bonds. The third-order valence-corrected chi connectivity index (χ3v) is 4.63. The highest BCUT2D eigenvalue weighted by molar-refractivity contribution is 8.22. The molecule has 1 aliphatic heterocycles. The minimum Gasteiger partial charge on any atom is -0.118 e. The first kappa shape index (κ1) is 7.11. The molecule has 0 aromatic carbocycles. The molecule has 2 heteroatoms. The van der Waals surface area contributed by atoms with Gasteiger partial charge in [-0.25, -0.2) is 0 Å². The van der Waals surface area contributed by atoms with E-state index in [1.165, 1.54) is 25.7 Å². The molecule has 10 heavy (non-hydrogen) atoms. The normalized spacial score (nSPS) is 28.4. The van der Waals surface area contributed by atoms with Crippen molar-refractivity contribution < 1.29 is 0 Å². The SMILES string of the molecule is C1=CSC([C]2CCCC2)S1. The molecule has 0 N–H and O–H groups in total. The van der Waals surface area contributed by atoms with Crippen molar-refractivity contribution >= 4 is 23.5 Å². The highest BCUT2D eigenvalue weighted by Gasteiger charge is 2.26. The quantitative estimate of drug-likeness (QED) is 0.593. The standard InChI is InChI=1S/C8H11S2/c1-2-4-7(3-1)8-9-5-6-10-8/h5-6,8H,1-4H2. The van der Waals surface area contributed by atoms with Crippen LogP contribution in [0.25, 0.3) is 0 Å². The average Bonchev–Trinajstić information content (AvgIpc) is 2.59. The molecule has 55 valence electrons. The number of hydrogen-bond donors (Lipinski definition) is 0. The molecule has 0 aromatic heterocycles. The molecular weight excluding hydrogens is 160 g/mol. The molecule has 1 aliphatic carbocycles. The van der Waals surface area contributed by atoms with E-state index >= 15 is 0 Å². The molecule has 0 unspecified atom stereocenters. The number of thioether (sulfide) groups is 2. The summed E-state index contributed by atoms with van der Waals surface area (Å²) in [7, 11) is 0. The van der Waals surface area contributed by atoms with Gasteiger partial charge >= 0.3 is 0 Å². The molecule has 1 radical (unpaired) electrons. The van der Waals surface area contributed by atoms with E-state index in [-0.39, 0.29) is 0 Å². The average molecular weight is 171 g/mol. The first-order chi connectivity index (χ1) is 4.97. The summed E-state index contributed by atoms with van der Waals surface area (Å²) in [5, 5.41) is 4.45. The van der Waals surface area contributed by atoms with Crippen molar-refractivity contribution in [1.29, 1.82) is 0 Å². The Morgan fingerprint density at radius 3 is 2.30 bits per heavy atom. The van der Waals surface area contributed by atoms with Crippen molar-refractivity contribution in [2.45, 2.75) is 30.3 Å². The van der Waals surface area contributed by atoms with Crippen LogP contribution in [0, 0.1) is 5.92 Å². The Morgan fingerprint density at radius 1 is 1.10 bits per heavy atom. The maximum atomic E-state index is 2.22. The van der Waals surface area contributed by atoms with Crippen LogP contribution in [-0.4, -0.2) is 4.58 Å². The van der Waals surface area contributed by atoms with Crippen molar-refractivity contribution in [3.05, 3.63) is 16.7 Å². The summed E-state index contributed by atoms with van der Waals surface area (Å²) < 4.78 is 0.794. The Morgan fingerprint density at radius 2 is 1.70 bits per heavy atom. The first-order valence-corrected chi connectivity index (χ1v) is 5.66.